The summed E-state index contributed by atoms with van der Waals surface area (Å²) in [4.78, 5) is 16.2. The molecule has 0 bridgehead atoms. The van der Waals surface area contributed by atoms with E-state index in [4.69, 9.17) is 4.52 Å². The number of amides is 1. The first-order valence-corrected chi connectivity index (χ1v) is 6.32. The maximum Gasteiger partial charge on any atom is 0.227 e. The molecule has 1 atom stereocenters. The summed E-state index contributed by atoms with van der Waals surface area (Å²) in [7, 11) is 0. The molecule has 1 heterocycles. The summed E-state index contributed by atoms with van der Waals surface area (Å²) in [5, 5.41) is 6.58. The molecule has 1 N–H and O–H groups in total. The number of carbonyl (C=O) groups excluding carboxylic acids is 1. The van der Waals surface area contributed by atoms with Crippen molar-refractivity contribution in [1.29, 1.82) is 0 Å². The summed E-state index contributed by atoms with van der Waals surface area (Å²) >= 11 is 0. The first-order chi connectivity index (χ1) is 9.20. The zero-order chi connectivity index (χ0) is 13.7. The lowest BCUT2D eigenvalue weighted by atomic mass is 9.96. The molecule has 2 rings (SSSR count). The number of carbonyl (C=O) groups is 1. The van der Waals surface area contributed by atoms with E-state index in [2.05, 4.69) is 15.5 Å². The van der Waals surface area contributed by atoms with Crippen LogP contribution in [0.3, 0.4) is 0 Å². The molecule has 5 nitrogen and oxygen atoms in total. The SMILES string of the molecule is CC[C@@H](C(=O)NCc1noc(C)n1)c1ccccc1. The summed E-state index contributed by atoms with van der Waals surface area (Å²) in [6.45, 7) is 4.01. The molecule has 0 radical (unpaired) electrons. The van der Waals surface area contributed by atoms with Crippen LogP contribution in [0.2, 0.25) is 0 Å². The van der Waals surface area contributed by atoms with Gasteiger partial charge in [0.15, 0.2) is 5.82 Å². The largest absolute Gasteiger partial charge is 0.348 e. The van der Waals surface area contributed by atoms with Crippen molar-refractivity contribution in [2.24, 2.45) is 0 Å². The van der Waals surface area contributed by atoms with Crippen molar-refractivity contribution in [3.05, 3.63) is 47.6 Å². The zero-order valence-corrected chi connectivity index (χ0v) is 11.1. The molecule has 0 saturated heterocycles. The molecular weight excluding hydrogens is 242 g/mol. The van der Waals surface area contributed by atoms with E-state index >= 15 is 0 Å². The van der Waals surface area contributed by atoms with Crippen molar-refractivity contribution in [3.63, 3.8) is 0 Å². The van der Waals surface area contributed by atoms with Crippen LogP contribution in [-0.2, 0) is 11.3 Å². The summed E-state index contributed by atoms with van der Waals surface area (Å²) in [6, 6.07) is 9.75. The monoisotopic (exact) mass is 259 g/mol. The number of rotatable bonds is 5. The highest BCUT2D eigenvalue weighted by Gasteiger charge is 2.18. The van der Waals surface area contributed by atoms with Gasteiger partial charge in [-0.15, -0.1) is 0 Å². The van der Waals surface area contributed by atoms with Gasteiger partial charge in [-0.05, 0) is 12.0 Å². The second-order valence-corrected chi connectivity index (χ2v) is 4.32. The van der Waals surface area contributed by atoms with Gasteiger partial charge in [-0.3, -0.25) is 4.79 Å². The van der Waals surface area contributed by atoms with Crippen LogP contribution >= 0.6 is 0 Å². The van der Waals surface area contributed by atoms with Crippen LogP contribution in [-0.4, -0.2) is 16.0 Å². The average Bonchev–Trinajstić information content (AvgIpc) is 2.84. The van der Waals surface area contributed by atoms with Crippen LogP contribution in [0.25, 0.3) is 0 Å². The number of aryl methyl sites for hydroxylation is 1. The number of nitrogens with zero attached hydrogens (tertiary/aromatic N) is 2. The number of nitrogens with one attached hydrogen (secondary N) is 1. The third-order valence-electron chi connectivity index (χ3n) is 2.92. The van der Waals surface area contributed by atoms with Crippen LogP contribution < -0.4 is 5.32 Å². The third kappa shape index (κ3) is 3.40. The minimum atomic E-state index is -0.144. The molecule has 1 aromatic heterocycles. The predicted molar refractivity (Wildman–Crippen MR) is 70.4 cm³/mol. The molecule has 1 amide bonds. The van der Waals surface area contributed by atoms with Crippen molar-refractivity contribution in [3.8, 4) is 0 Å². The average molecular weight is 259 g/mol. The number of hydrogen-bond donors (Lipinski definition) is 1. The first kappa shape index (κ1) is 13.3. The van der Waals surface area contributed by atoms with Gasteiger partial charge in [0.1, 0.15) is 0 Å². The molecule has 0 spiro atoms. The van der Waals surface area contributed by atoms with Crippen LogP contribution in [0.5, 0.6) is 0 Å². The summed E-state index contributed by atoms with van der Waals surface area (Å²) in [5.41, 5.74) is 1.02. The standard InChI is InChI=1S/C14H17N3O2/c1-3-12(11-7-5-4-6-8-11)14(18)15-9-13-16-10(2)19-17-13/h4-8,12H,3,9H2,1-2H3,(H,15,18)/t12-/m1/s1. The zero-order valence-electron chi connectivity index (χ0n) is 11.1. The van der Waals surface area contributed by atoms with Crippen molar-refractivity contribution in [1.82, 2.24) is 15.5 Å². The second-order valence-electron chi connectivity index (χ2n) is 4.32. The lowest BCUT2D eigenvalue weighted by molar-refractivity contribution is -0.122. The van der Waals surface area contributed by atoms with Crippen molar-refractivity contribution in [2.45, 2.75) is 32.7 Å². The van der Waals surface area contributed by atoms with Gasteiger partial charge in [0.05, 0.1) is 12.5 Å². The lowest BCUT2D eigenvalue weighted by Crippen LogP contribution is -2.29. The molecule has 0 fully saturated rings. The van der Waals surface area contributed by atoms with Crippen LogP contribution in [0.4, 0.5) is 0 Å². The molecule has 100 valence electrons. The quantitative estimate of drug-likeness (QED) is 0.893. The van der Waals surface area contributed by atoms with Gasteiger partial charge in [0, 0.05) is 6.92 Å². The maximum atomic E-state index is 12.2. The molecule has 2 aromatic rings. The molecule has 0 unspecified atom stereocenters. The number of benzene rings is 1. The minimum absolute atomic E-state index is 0.0175. The van der Waals surface area contributed by atoms with Gasteiger partial charge >= 0.3 is 0 Å². The Labute approximate surface area is 112 Å². The molecular formula is C14H17N3O2. The van der Waals surface area contributed by atoms with E-state index in [0.717, 1.165) is 12.0 Å². The first-order valence-electron chi connectivity index (χ1n) is 6.32. The molecule has 0 saturated carbocycles. The molecule has 1 aromatic carbocycles. The van der Waals surface area contributed by atoms with Crippen molar-refractivity contribution < 1.29 is 9.32 Å². The Morgan fingerprint density at radius 1 is 1.37 bits per heavy atom. The normalized spacial score (nSPS) is 12.1. The molecule has 0 aliphatic carbocycles. The highest BCUT2D eigenvalue weighted by Crippen LogP contribution is 2.19. The molecule has 0 aliphatic rings. The fraction of sp³-hybridized carbons (Fsp3) is 0.357. The van der Waals surface area contributed by atoms with Crippen molar-refractivity contribution >= 4 is 5.91 Å². The fourth-order valence-corrected chi connectivity index (χ4v) is 1.96. The molecule has 5 heteroatoms. The highest BCUT2D eigenvalue weighted by atomic mass is 16.5. The Morgan fingerprint density at radius 2 is 2.11 bits per heavy atom. The number of aromatic nitrogens is 2. The van der Waals surface area contributed by atoms with E-state index in [1.54, 1.807) is 6.92 Å². The predicted octanol–water partition coefficient (Wildman–Crippen LogP) is 2.19. The second kappa shape index (κ2) is 6.13. The third-order valence-corrected chi connectivity index (χ3v) is 2.92. The van der Waals surface area contributed by atoms with Gasteiger partial charge < -0.3 is 9.84 Å². The Morgan fingerprint density at radius 3 is 2.68 bits per heavy atom. The smallest absolute Gasteiger partial charge is 0.227 e. The van der Waals surface area contributed by atoms with Crippen LogP contribution in [0.1, 0.15) is 36.5 Å². The van der Waals surface area contributed by atoms with Gasteiger partial charge in [-0.25, -0.2) is 0 Å². The Kier molecular flexibility index (Phi) is 4.28. The van der Waals surface area contributed by atoms with Gasteiger partial charge in [-0.1, -0.05) is 42.4 Å². The number of hydrogen-bond acceptors (Lipinski definition) is 4. The van der Waals surface area contributed by atoms with E-state index < -0.39 is 0 Å². The minimum Gasteiger partial charge on any atom is -0.348 e. The summed E-state index contributed by atoms with van der Waals surface area (Å²) in [5.74, 6) is 0.832. The Balaban J connectivity index is 1.98. The van der Waals surface area contributed by atoms with Gasteiger partial charge in [-0.2, -0.15) is 4.98 Å². The van der Waals surface area contributed by atoms with Crippen LogP contribution in [0.15, 0.2) is 34.9 Å². The van der Waals surface area contributed by atoms with E-state index in [0.29, 0.717) is 18.3 Å². The van der Waals surface area contributed by atoms with E-state index in [1.165, 1.54) is 0 Å². The van der Waals surface area contributed by atoms with E-state index in [-0.39, 0.29) is 11.8 Å². The van der Waals surface area contributed by atoms with Gasteiger partial charge in [0.2, 0.25) is 11.8 Å². The van der Waals surface area contributed by atoms with Gasteiger partial charge in [0.25, 0.3) is 0 Å². The van der Waals surface area contributed by atoms with Crippen molar-refractivity contribution in [2.75, 3.05) is 0 Å². The maximum absolute atomic E-state index is 12.2. The van der Waals surface area contributed by atoms with E-state index in [9.17, 15) is 4.79 Å². The molecule has 0 aliphatic heterocycles. The van der Waals surface area contributed by atoms with Crippen LogP contribution in [0, 0.1) is 6.92 Å². The fourth-order valence-electron chi connectivity index (χ4n) is 1.96. The Hall–Kier alpha value is -2.17. The lowest BCUT2D eigenvalue weighted by Gasteiger charge is -2.14. The Bertz CT molecular complexity index is 537. The summed E-state index contributed by atoms with van der Waals surface area (Å²) in [6.07, 6.45) is 0.751. The summed E-state index contributed by atoms with van der Waals surface area (Å²) < 4.78 is 4.86. The molecule has 19 heavy (non-hydrogen) atoms. The highest BCUT2D eigenvalue weighted by molar-refractivity contribution is 5.83. The van der Waals surface area contributed by atoms with E-state index in [1.807, 2.05) is 37.3 Å². The topological polar surface area (TPSA) is 68.0 Å².